The van der Waals surface area contributed by atoms with Crippen molar-refractivity contribution < 1.29 is 5.11 Å². The molecule has 0 fully saturated rings. The second-order valence-electron chi connectivity index (χ2n) is 2.03. The highest BCUT2D eigenvalue weighted by molar-refractivity contribution is 8.03. The molecule has 1 rings (SSSR count). The summed E-state index contributed by atoms with van der Waals surface area (Å²) < 4.78 is 0. The topological polar surface area (TPSA) is 44.0 Å². The zero-order valence-corrected chi connectivity index (χ0v) is 9.10. The molecule has 0 atom stereocenters. The van der Waals surface area contributed by atoms with Crippen LogP contribution in [0.3, 0.4) is 0 Å². The molecule has 0 aromatic heterocycles. The number of nitrogens with zero attached hydrogens (tertiary/aromatic N) is 1. The first-order chi connectivity index (χ1) is 6.07. The van der Waals surface area contributed by atoms with E-state index in [1.807, 2.05) is 5.40 Å². The van der Waals surface area contributed by atoms with Crippen LogP contribution in [0.2, 0.25) is 15.1 Å². The van der Waals surface area contributed by atoms with Crippen LogP contribution in [0.5, 0.6) is 5.75 Å². The van der Waals surface area contributed by atoms with Crippen molar-refractivity contribution in [1.82, 2.24) is 0 Å². The van der Waals surface area contributed by atoms with Gasteiger partial charge in [-0.1, -0.05) is 34.8 Å². The highest BCUT2D eigenvalue weighted by atomic mass is 35.5. The molecule has 1 aromatic rings. The molecule has 0 radical (unpaired) electrons. The number of rotatable bonds is 1. The van der Waals surface area contributed by atoms with Crippen molar-refractivity contribution in [3.8, 4) is 11.2 Å². The first kappa shape index (κ1) is 10.8. The number of nitriles is 1. The van der Waals surface area contributed by atoms with E-state index in [4.69, 9.17) is 40.1 Å². The van der Waals surface area contributed by atoms with Gasteiger partial charge in [-0.2, -0.15) is 5.26 Å². The van der Waals surface area contributed by atoms with Gasteiger partial charge in [-0.3, -0.25) is 0 Å². The van der Waals surface area contributed by atoms with Gasteiger partial charge in [-0.05, 0) is 17.8 Å². The predicted molar refractivity (Wildman–Crippen MR) is 54.6 cm³/mol. The number of benzene rings is 1. The lowest BCUT2D eigenvalue weighted by Crippen LogP contribution is -1.78. The van der Waals surface area contributed by atoms with Gasteiger partial charge in [-0.25, -0.2) is 0 Å². The van der Waals surface area contributed by atoms with Gasteiger partial charge in [0.1, 0.15) is 10.4 Å². The van der Waals surface area contributed by atoms with Crippen molar-refractivity contribution in [3.63, 3.8) is 0 Å². The monoisotopic (exact) mass is 253 g/mol. The van der Waals surface area contributed by atoms with Crippen molar-refractivity contribution in [2.24, 2.45) is 0 Å². The second-order valence-corrected chi connectivity index (χ2v) is 4.02. The van der Waals surface area contributed by atoms with Crippen LogP contribution < -0.4 is 0 Å². The zero-order chi connectivity index (χ0) is 10.0. The van der Waals surface area contributed by atoms with E-state index in [9.17, 15) is 5.11 Å². The number of halogens is 3. The quantitative estimate of drug-likeness (QED) is 0.469. The van der Waals surface area contributed by atoms with E-state index < -0.39 is 0 Å². The van der Waals surface area contributed by atoms with Crippen LogP contribution in [-0.4, -0.2) is 5.11 Å². The largest absolute Gasteiger partial charge is 0.505 e. The first-order valence-electron chi connectivity index (χ1n) is 3.00. The Morgan fingerprint density at radius 3 is 2.46 bits per heavy atom. The van der Waals surface area contributed by atoms with Gasteiger partial charge in [0.2, 0.25) is 0 Å². The molecule has 1 N–H and O–H groups in total. The Morgan fingerprint density at radius 1 is 1.31 bits per heavy atom. The molecule has 0 aliphatic carbocycles. The summed E-state index contributed by atoms with van der Waals surface area (Å²) in [4.78, 5) is 0.428. The molecule has 0 bridgehead atoms. The number of thioether (sulfide) groups is 1. The third-order valence-corrected chi connectivity index (χ3v) is 3.15. The second kappa shape index (κ2) is 4.30. The minimum atomic E-state index is -0.268. The van der Waals surface area contributed by atoms with Crippen LogP contribution in [0.15, 0.2) is 11.0 Å². The average Bonchev–Trinajstić information content (AvgIpc) is 2.11. The summed E-state index contributed by atoms with van der Waals surface area (Å²) in [5, 5.41) is 19.6. The molecule has 68 valence electrons. The van der Waals surface area contributed by atoms with E-state index in [1.165, 1.54) is 6.07 Å². The first-order valence-corrected chi connectivity index (χ1v) is 4.95. The summed E-state index contributed by atoms with van der Waals surface area (Å²) >= 11 is 17.8. The smallest absolute Gasteiger partial charge is 0.154 e. The Labute approximate surface area is 94.0 Å². The summed E-state index contributed by atoms with van der Waals surface area (Å²) in [6, 6.07) is 1.39. The van der Waals surface area contributed by atoms with Gasteiger partial charge in [0.25, 0.3) is 0 Å². The Hall–Kier alpha value is -0.270. The summed E-state index contributed by atoms with van der Waals surface area (Å²) in [5.74, 6) is -0.268. The molecule has 13 heavy (non-hydrogen) atoms. The molecule has 0 spiro atoms. The maximum atomic E-state index is 9.24. The van der Waals surface area contributed by atoms with E-state index in [2.05, 4.69) is 0 Å². The van der Waals surface area contributed by atoms with Crippen molar-refractivity contribution in [2.45, 2.75) is 4.90 Å². The third kappa shape index (κ3) is 2.15. The Morgan fingerprint density at radius 2 is 1.92 bits per heavy atom. The maximum absolute atomic E-state index is 9.24. The fourth-order valence-corrected chi connectivity index (χ4v) is 1.99. The van der Waals surface area contributed by atoms with Crippen LogP contribution in [0, 0.1) is 10.7 Å². The minimum Gasteiger partial charge on any atom is -0.505 e. The summed E-state index contributed by atoms with van der Waals surface area (Å²) in [7, 11) is 0. The number of hydrogen-bond acceptors (Lipinski definition) is 3. The van der Waals surface area contributed by atoms with Gasteiger partial charge >= 0.3 is 0 Å². The molecule has 0 saturated heterocycles. The predicted octanol–water partition coefficient (Wildman–Crippen LogP) is 3.93. The minimum absolute atomic E-state index is 0.0353. The van der Waals surface area contributed by atoms with E-state index in [-0.39, 0.29) is 20.8 Å². The van der Waals surface area contributed by atoms with E-state index in [0.717, 1.165) is 11.8 Å². The number of hydrogen-bond donors (Lipinski definition) is 1. The van der Waals surface area contributed by atoms with E-state index >= 15 is 0 Å². The van der Waals surface area contributed by atoms with Crippen molar-refractivity contribution in [1.29, 1.82) is 5.26 Å². The molecule has 0 heterocycles. The number of phenolic OH excluding ortho intramolecular Hbond substituents is 1. The van der Waals surface area contributed by atoms with E-state index in [0.29, 0.717) is 4.90 Å². The van der Waals surface area contributed by atoms with Gasteiger partial charge in [0, 0.05) is 4.90 Å². The van der Waals surface area contributed by atoms with Crippen LogP contribution in [0.4, 0.5) is 0 Å². The van der Waals surface area contributed by atoms with Gasteiger partial charge in [0.15, 0.2) is 5.75 Å². The number of phenols is 1. The Balaban J connectivity index is 3.34. The van der Waals surface area contributed by atoms with Crippen LogP contribution in [0.25, 0.3) is 0 Å². The van der Waals surface area contributed by atoms with Gasteiger partial charge < -0.3 is 5.11 Å². The van der Waals surface area contributed by atoms with Crippen molar-refractivity contribution >= 4 is 46.6 Å². The normalized spacial score (nSPS) is 9.69. The molecule has 1 aromatic carbocycles. The molecule has 0 amide bonds. The molecular weight excluding hydrogens is 253 g/mol. The molecule has 0 aliphatic rings. The molecule has 0 saturated carbocycles. The fraction of sp³-hybridized carbons (Fsp3) is 0. The highest BCUT2D eigenvalue weighted by Crippen LogP contribution is 2.42. The van der Waals surface area contributed by atoms with Gasteiger partial charge in [-0.15, -0.1) is 0 Å². The molecule has 0 unspecified atom stereocenters. The Bertz CT molecular complexity index is 388. The number of thiocyanates is 1. The highest BCUT2D eigenvalue weighted by Gasteiger charge is 2.13. The summed E-state index contributed by atoms with van der Waals surface area (Å²) in [6.45, 7) is 0. The lowest BCUT2D eigenvalue weighted by Gasteiger charge is -2.04. The fourth-order valence-electron chi connectivity index (χ4n) is 0.687. The lowest BCUT2D eigenvalue weighted by atomic mass is 10.3. The molecule has 0 aliphatic heterocycles. The van der Waals surface area contributed by atoms with Crippen LogP contribution in [0.1, 0.15) is 0 Å². The standard InChI is InChI=1S/C7H2Cl3NOS/c8-3-1-4(13-2-11)5(9)6(10)7(3)12/h1,12H. The summed E-state index contributed by atoms with van der Waals surface area (Å²) in [6.07, 6.45) is 0. The van der Waals surface area contributed by atoms with Crippen LogP contribution in [-0.2, 0) is 0 Å². The third-order valence-electron chi connectivity index (χ3n) is 1.26. The SMILES string of the molecule is N#CSc1cc(Cl)c(O)c(Cl)c1Cl. The maximum Gasteiger partial charge on any atom is 0.154 e. The van der Waals surface area contributed by atoms with Gasteiger partial charge in [0.05, 0.1) is 10.0 Å². The van der Waals surface area contributed by atoms with Crippen molar-refractivity contribution in [3.05, 3.63) is 21.1 Å². The molecular formula is C7H2Cl3NOS. The van der Waals surface area contributed by atoms with Crippen LogP contribution >= 0.6 is 46.6 Å². The van der Waals surface area contributed by atoms with E-state index in [1.54, 1.807) is 0 Å². The zero-order valence-electron chi connectivity index (χ0n) is 6.01. The molecule has 2 nitrogen and oxygen atoms in total. The Kier molecular flexibility index (Phi) is 3.57. The van der Waals surface area contributed by atoms with Crippen molar-refractivity contribution in [2.75, 3.05) is 0 Å². The number of aromatic hydroxyl groups is 1. The summed E-state index contributed by atoms with van der Waals surface area (Å²) in [5.41, 5.74) is 0. The average molecular weight is 255 g/mol. The lowest BCUT2D eigenvalue weighted by molar-refractivity contribution is 0.475. The molecule has 6 heteroatoms.